The Morgan fingerprint density at radius 1 is 1.06 bits per heavy atom. The highest BCUT2D eigenvalue weighted by atomic mass is 19.4. The van der Waals surface area contributed by atoms with Crippen molar-refractivity contribution in [1.82, 2.24) is 15.2 Å². The summed E-state index contributed by atoms with van der Waals surface area (Å²) in [6, 6.07) is 3.04. The number of rotatable bonds is 5. The number of hydrogen-bond acceptors (Lipinski definition) is 8. The van der Waals surface area contributed by atoms with Crippen LogP contribution in [0.3, 0.4) is 0 Å². The molecule has 0 atom stereocenters. The second-order valence-corrected chi connectivity index (χ2v) is 6.81. The van der Waals surface area contributed by atoms with Gasteiger partial charge in [0.25, 0.3) is 0 Å². The van der Waals surface area contributed by atoms with Gasteiger partial charge in [-0.3, -0.25) is 4.79 Å². The van der Waals surface area contributed by atoms with Crippen LogP contribution in [0.5, 0.6) is 0 Å². The normalized spacial score (nSPS) is 14.3. The number of aromatic nitrogens is 3. The van der Waals surface area contributed by atoms with Crippen molar-refractivity contribution >= 4 is 29.1 Å². The van der Waals surface area contributed by atoms with Crippen molar-refractivity contribution in [3.8, 4) is 0 Å². The summed E-state index contributed by atoms with van der Waals surface area (Å²) in [7, 11) is 0. The predicted molar refractivity (Wildman–Crippen MR) is 104 cm³/mol. The van der Waals surface area contributed by atoms with Crippen LogP contribution in [0.4, 0.5) is 45.2 Å². The third-order valence-electron chi connectivity index (χ3n) is 4.56. The first kappa shape index (κ1) is 22.4. The molecule has 0 bridgehead atoms. The number of nitrogens with zero attached hydrogens (tertiary/aromatic N) is 4. The molecule has 0 saturated carbocycles. The van der Waals surface area contributed by atoms with Crippen LogP contribution in [0.15, 0.2) is 34.9 Å². The van der Waals surface area contributed by atoms with Crippen LogP contribution < -0.4 is 15.5 Å². The summed E-state index contributed by atoms with van der Waals surface area (Å²) in [6.07, 6.45) is -3.62. The van der Waals surface area contributed by atoms with Gasteiger partial charge in [0.1, 0.15) is 17.5 Å². The van der Waals surface area contributed by atoms with Crippen molar-refractivity contribution < 1.29 is 35.9 Å². The number of morpholine rings is 1. The van der Waals surface area contributed by atoms with E-state index in [9.17, 15) is 26.7 Å². The van der Waals surface area contributed by atoms with Crippen LogP contribution in [-0.2, 0) is 10.9 Å². The molecule has 174 valence electrons. The molecular formula is C19H15F5N6O3. The molecule has 2 aromatic heterocycles. The Morgan fingerprint density at radius 3 is 2.48 bits per heavy atom. The number of amides is 1. The first-order valence-corrected chi connectivity index (χ1v) is 9.47. The van der Waals surface area contributed by atoms with Crippen molar-refractivity contribution in [2.45, 2.75) is 6.18 Å². The molecule has 0 spiro atoms. The van der Waals surface area contributed by atoms with Crippen LogP contribution in [0.1, 0.15) is 16.2 Å². The summed E-state index contributed by atoms with van der Waals surface area (Å²) in [4.78, 5) is 18.6. The van der Waals surface area contributed by atoms with Crippen LogP contribution in [0.2, 0.25) is 0 Å². The summed E-state index contributed by atoms with van der Waals surface area (Å²) in [5, 5.41) is 11.5. The predicted octanol–water partition coefficient (Wildman–Crippen LogP) is 3.59. The lowest BCUT2D eigenvalue weighted by Gasteiger charge is -2.27. The average molecular weight is 470 g/mol. The molecule has 1 aromatic carbocycles. The van der Waals surface area contributed by atoms with Gasteiger partial charge in [0.15, 0.2) is 0 Å². The van der Waals surface area contributed by atoms with E-state index in [1.165, 1.54) is 6.20 Å². The van der Waals surface area contributed by atoms with Crippen LogP contribution in [-0.4, -0.2) is 47.4 Å². The molecule has 1 amide bonds. The first-order valence-electron chi connectivity index (χ1n) is 9.47. The maximum Gasteiger partial charge on any atom is 0.419 e. The van der Waals surface area contributed by atoms with E-state index >= 15 is 0 Å². The molecule has 3 aromatic rings. The summed E-state index contributed by atoms with van der Waals surface area (Å²) < 4.78 is 76.1. The number of nitrogens with one attached hydrogen (secondary N) is 2. The monoisotopic (exact) mass is 470 g/mol. The molecule has 2 N–H and O–H groups in total. The zero-order valence-corrected chi connectivity index (χ0v) is 16.6. The maximum atomic E-state index is 13.9. The number of anilines is 4. The Labute approximate surface area is 182 Å². The van der Waals surface area contributed by atoms with Gasteiger partial charge in [-0.2, -0.15) is 13.2 Å². The number of carbonyl (C=O) groups is 1. The smallest absolute Gasteiger partial charge is 0.399 e. The highest BCUT2D eigenvalue weighted by molar-refractivity contribution is 6.00. The van der Waals surface area contributed by atoms with Crippen molar-refractivity contribution in [2.24, 2.45) is 0 Å². The van der Waals surface area contributed by atoms with E-state index in [0.29, 0.717) is 37.8 Å². The van der Waals surface area contributed by atoms with E-state index < -0.39 is 46.9 Å². The first-order chi connectivity index (χ1) is 15.7. The minimum Gasteiger partial charge on any atom is -0.399 e. The number of pyridine rings is 1. The fraction of sp³-hybridized carbons (Fsp3) is 0.263. The molecule has 0 radical (unpaired) electrons. The fourth-order valence-electron chi connectivity index (χ4n) is 2.97. The van der Waals surface area contributed by atoms with E-state index in [1.807, 2.05) is 4.90 Å². The summed E-state index contributed by atoms with van der Waals surface area (Å²) in [5.41, 5.74) is -2.12. The standard InChI is InChI=1S/C19H15F5N6O3/c20-12-8-13(21)14(7-11(12)19(22,23)24)27-18-29-28-17(33-18)16(31)26-10-1-2-15(25-9-10)30-3-5-32-6-4-30/h1-2,7-9H,3-6H2,(H,26,31)(H,27,29). The fourth-order valence-corrected chi connectivity index (χ4v) is 2.97. The van der Waals surface area contributed by atoms with E-state index in [-0.39, 0.29) is 12.1 Å². The van der Waals surface area contributed by atoms with Gasteiger partial charge in [0.2, 0.25) is 0 Å². The number of ether oxygens (including phenoxy) is 1. The second-order valence-electron chi connectivity index (χ2n) is 6.81. The highest BCUT2D eigenvalue weighted by Crippen LogP contribution is 2.34. The number of benzene rings is 1. The number of carbonyl (C=O) groups excluding carboxylic acids is 1. The van der Waals surface area contributed by atoms with E-state index in [2.05, 4.69) is 25.8 Å². The molecule has 33 heavy (non-hydrogen) atoms. The van der Waals surface area contributed by atoms with E-state index in [4.69, 9.17) is 9.15 Å². The molecule has 1 saturated heterocycles. The van der Waals surface area contributed by atoms with Gasteiger partial charge >= 0.3 is 24.0 Å². The average Bonchev–Trinajstić information content (AvgIpc) is 3.25. The molecular weight excluding hydrogens is 455 g/mol. The molecule has 4 rings (SSSR count). The van der Waals surface area contributed by atoms with E-state index in [0.717, 1.165) is 0 Å². The van der Waals surface area contributed by atoms with Gasteiger partial charge in [-0.25, -0.2) is 13.8 Å². The van der Waals surface area contributed by atoms with Crippen molar-refractivity contribution in [2.75, 3.05) is 41.8 Å². The zero-order chi connectivity index (χ0) is 23.6. The lowest BCUT2D eigenvalue weighted by atomic mass is 10.1. The van der Waals surface area contributed by atoms with Crippen LogP contribution in [0.25, 0.3) is 0 Å². The largest absolute Gasteiger partial charge is 0.419 e. The third-order valence-corrected chi connectivity index (χ3v) is 4.56. The molecule has 0 aliphatic carbocycles. The Bertz CT molecular complexity index is 1150. The Balaban J connectivity index is 1.43. The van der Waals surface area contributed by atoms with Gasteiger partial charge in [-0.1, -0.05) is 5.10 Å². The zero-order valence-electron chi connectivity index (χ0n) is 16.6. The second kappa shape index (κ2) is 8.97. The maximum absolute atomic E-state index is 13.9. The topological polar surface area (TPSA) is 105 Å². The Morgan fingerprint density at radius 2 is 1.82 bits per heavy atom. The van der Waals surface area contributed by atoms with Crippen molar-refractivity contribution in [3.05, 3.63) is 53.6 Å². The molecule has 1 aliphatic rings. The lowest BCUT2D eigenvalue weighted by Crippen LogP contribution is -2.36. The molecule has 3 heterocycles. The van der Waals surface area contributed by atoms with Gasteiger partial charge in [0.05, 0.1) is 36.3 Å². The van der Waals surface area contributed by atoms with Gasteiger partial charge in [0, 0.05) is 19.2 Å². The van der Waals surface area contributed by atoms with Crippen molar-refractivity contribution in [1.29, 1.82) is 0 Å². The van der Waals surface area contributed by atoms with Crippen molar-refractivity contribution in [3.63, 3.8) is 0 Å². The Kier molecular flexibility index (Phi) is 6.09. The quantitative estimate of drug-likeness (QED) is 0.545. The molecule has 1 aliphatic heterocycles. The SMILES string of the molecule is O=C(Nc1ccc(N2CCOCC2)nc1)c1nnc(Nc2cc(C(F)(F)F)c(F)cc2F)o1. The van der Waals surface area contributed by atoms with Gasteiger partial charge in [-0.05, 0) is 18.2 Å². The highest BCUT2D eigenvalue weighted by Gasteiger charge is 2.35. The van der Waals surface area contributed by atoms with Gasteiger partial charge in [-0.15, -0.1) is 5.10 Å². The van der Waals surface area contributed by atoms with E-state index in [1.54, 1.807) is 12.1 Å². The van der Waals surface area contributed by atoms with Crippen LogP contribution in [0, 0.1) is 11.6 Å². The Hall–Kier alpha value is -3.81. The summed E-state index contributed by atoms with van der Waals surface area (Å²) in [6.45, 7) is 2.56. The number of halogens is 5. The number of hydrogen-bond donors (Lipinski definition) is 2. The molecule has 0 unspecified atom stereocenters. The number of alkyl halides is 3. The third kappa shape index (κ3) is 5.16. The minimum absolute atomic E-state index is 0.0721. The molecule has 1 fully saturated rings. The molecule has 9 nitrogen and oxygen atoms in total. The van der Waals surface area contributed by atoms with Crippen LogP contribution >= 0.6 is 0 Å². The lowest BCUT2D eigenvalue weighted by molar-refractivity contribution is -0.140. The minimum atomic E-state index is -5.04. The summed E-state index contributed by atoms with van der Waals surface area (Å²) >= 11 is 0. The summed E-state index contributed by atoms with van der Waals surface area (Å²) in [5.74, 6) is -3.76. The molecule has 14 heteroatoms. The van der Waals surface area contributed by atoms with Gasteiger partial charge < -0.3 is 24.7 Å².